The lowest BCUT2D eigenvalue weighted by atomic mass is 9.90. The van der Waals surface area contributed by atoms with E-state index in [-0.39, 0.29) is 102 Å². The Bertz CT molecular complexity index is 3350. The molecule has 0 amide bonds. The quantitative estimate of drug-likeness (QED) is 0.0605. The monoisotopic (exact) mass is 954 g/mol. The summed E-state index contributed by atoms with van der Waals surface area (Å²) in [6.07, 6.45) is 0. The van der Waals surface area contributed by atoms with Crippen LogP contribution in [0.5, 0.6) is 69.0 Å². The third-order valence-corrected chi connectivity index (χ3v) is 12.7. The first kappa shape index (κ1) is 45.6. The number of phenolic OH excluding ortho intramolecular Hbond substituents is 12. The second-order valence-corrected chi connectivity index (χ2v) is 17.3. The van der Waals surface area contributed by atoms with E-state index in [1.165, 1.54) is 91.0 Å². The minimum absolute atomic E-state index is 0.126. The molecule has 0 aliphatic carbocycles. The van der Waals surface area contributed by atoms with Crippen molar-refractivity contribution in [1.29, 1.82) is 0 Å². The van der Waals surface area contributed by atoms with Crippen LogP contribution in [0.3, 0.4) is 0 Å². The summed E-state index contributed by atoms with van der Waals surface area (Å²) < 4.78 is 0. The molecule has 72 heavy (non-hydrogen) atoms. The molecule has 10 aromatic carbocycles. The van der Waals surface area contributed by atoms with Crippen LogP contribution >= 0.6 is 0 Å². The molecule has 12 nitrogen and oxygen atoms in total. The average Bonchev–Trinajstić information content (AvgIpc) is 3.38. The highest BCUT2D eigenvalue weighted by molar-refractivity contribution is 5.89. The van der Waals surface area contributed by atoms with Crippen molar-refractivity contribution < 1.29 is 61.3 Å². The number of rotatable bonds is 9. The van der Waals surface area contributed by atoms with Crippen molar-refractivity contribution in [3.63, 3.8) is 0 Å². The van der Waals surface area contributed by atoms with Gasteiger partial charge >= 0.3 is 0 Å². The van der Waals surface area contributed by atoms with Crippen LogP contribution in [0, 0.1) is 0 Å². The zero-order valence-corrected chi connectivity index (χ0v) is 37.7. The largest absolute Gasteiger partial charge is 0.508 e. The van der Waals surface area contributed by atoms with Gasteiger partial charge in [0.05, 0.1) is 0 Å². The van der Waals surface area contributed by atoms with Crippen molar-refractivity contribution in [2.45, 2.75) is 0 Å². The molecule has 10 rings (SSSR count). The lowest BCUT2D eigenvalue weighted by molar-refractivity contribution is 0.456. The summed E-state index contributed by atoms with van der Waals surface area (Å²) in [5, 5.41) is 128. The third kappa shape index (κ3) is 8.63. The molecule has 12 N–H and O–H groups in total. The van der Waals surface area contributed by atoms with Crippen molar-refractivity contribution in [3.05, 3.63) is 182 Å². The lowest BCUT2D eigenvalue weighted by Gasteiger charge is -2.15. The molecular weight excluding hydrogens is 913 g/mol. The smallest absolute Gasteiger partial charge is 0.124 e. The maximum absolute atomic E-state index is 11.2. The third-order valence-electron chi connectivity index (χ3n) is 12.7. The van der Waals surface area contributed by atoms with Crippen molar-refractivity contribution >= 4 is 0 Å². The molecule has 12 heteroatoms. The summed E-state index contributed by atoms with van der Waals surface area (Å²) in [4.78, 5) is 0. The summed E-state index contributed by atoms with van der Waals surface area (Å²) >= 11 is 0. The van der Waals surface area contributed by atoms with E-state index < -0.39 is 0 Å². The summed E-state index contributed by atoms with van der Waals surface area (Å²) in [5.41, 5.74) is 8.40. The van der Waals surface area contributed by atoms with Gasteiger partial charge in [0.1, 0.15) is 69.0 Å². The number of hydrogen-bond acceptors (Lipinski definition) is 12. The molecule has 0 bridgehead atoms. The van der Waals surface area contributed by atoms with E-state index in [0.29, 0.717) is 33.4 Å². The van der Waals surface area contributed by atoms with Gasteiger partial charge in [-0.25, -0.2) is 0 Å². The first-order valence-electron chi connectivity index (χ1n) is 22.3. The van der Waals surface area contributed by atoms with Crippen LogP contribution in [0.4, 0.5) is 0 Å². The van der Waals surface area contributed by atoms with Gasteiger partial charge < -0.3 is 61.3 Å². The molecule has 0 aromatic heterocycles. The number of hydrogen-bond donors (Lipinski definition) is 12. The molecule has 10 aromatic rings. The highest BCUT2D eigenvalue weighted by Gasteiger charge is 2.20. The fourth-order valence-corrected chi connectivity index (χ4v) is 8.94. The Labute approximate surface area is 410 Å². The maximum atomic E-state index is 11.2. The fraction of sp³-hybridized carbons (Fsp3) is 0. The van der Waals surface area contributed by atoms with Crippen LogP contribution < -0.4 is 0 Å². The van der Waals surface area contributed by atoms with Crippen LogP contribution in [0.2, 0.25) is 0 Å². The van der Waals surface area contributed by atoms with E-state index >= 15 is 0 Å². The molecule has 0 saturated heterocycles. The fourth-order valence-electron chi connectivity index (χ4n) is 8.94. The Morgan fingerprint density at radius 2 is 0.333 bits per heavy atom. The molecule has 0 spiro atoms. The van der Waals surface area contributed by atoms with Crippen LogP contribution in [0.15, 0.2) is 182 Å². The Hall–Kier alpha value is -10.2. The highest BCUT2D eigenvalue weighted by atomic mass is 16.3. The van der Waals surface area contributed by atoms with Crippen molar-refractivity contribution in [2.24, 2.45) is 0 Å². The predicted molar refractivity (Wildman–Crippen MR) is 275 cm³/mol. The summed E-state index contributed by atoms with van der Waals surface area (Å²) in [7, 11) is 0. The van der Waals surface area contributed by atoms with Crippen LogP contribution in [-0.4, -0.2) is 61.3 Å². The summed E-state index contributed by atoms with van der Waals surface area (Å²) in [5.74, 6) is -2.12. The topological polar surface area (TPSA) is 243 Å². The predicted octanol–water partition coefficient (Wildman–Crippen LogP) is 13.2. The SMILES string of the molecule is Oc1ccc(O)c(-c2cc(O)c(-c3ccc(-c4cc(-c5ccc(-c6cc(O)c(-c7cc(O)ccc7O)cc6O)cc5)cc(-c5ccc(-c6cc(O)c(-c7cc(O)ccc7O)cc6O)cc5)c4)cc3)cc2O)c1. The van der Waals surface area contributed by atoms with E-state index in [2.05, 4.69) is 0 Å². The Morgan fingerprint density at radius 3 is 0.583 bits per heavy atom. The average molecular weight is 955 g/mol. The Kier molecular flexibility index (Phi) is 11.4. The molecule has 0 atom stereocenters. The Morgan fingerprint density at radius 1 is 0.139 bits per heavy atom. The molecule has 0 fully saturated rings. The number of aromatic hydroxyl groups is 12. The van der Waals surface area contributed by atoms with Gasteiger partial charge in [-0.3, -0.25) is 0 Å². The summed E-state index contributed by atoms with van der Waals surface area (Å²) in [6.45, 7) is 0. The van der Waals surface area contributed by atoms with Gasteiger partial charge in [-0.1, -0.05) is 72.8 Å². The van der Waals surface area contributed by atoms with Crippen LogP contribution in [0.25, 0.3) is 100 Å². The van der Waals surface area contributed by atoms with Gasteiger partial charge in [-0.05, 0) is 159 Å². The van der Waals surface area contributed by atoms with Crippen molar-refractivity contribution in [2.75, 3.05) is 0 Å². The van der Waals surface area contributed by atoms with E-state index in [1.807, 2.05) is 54.6 Å². The molecular formula is C60H42O12. The zero-order chi connectivity index (χ0) is 50.5. The van der Waals surface area contributed by atoms with Gasteiger partial charge in [0.15, 0.2) is 0 Å². The molecule has 354 valence electrons. The van der Waals surface area contributed by atoms with Gasteiger partial charge in [-0.15, -0.1) is 0 Å². The zero-order valence-electron chi connectivity index (χ0n) is 37.7. The first-order valence-corrected chi connectivity index (χ1v) is 22.3. The van der Waals surface area contributed by atoms with E-state index in [9.17, 15) is 61.3 Å². The molecule has 0 saturated carbocycles. The lowest BCUT2D eigenvalue weighted by Crippen LogP contribution is -1.89. The van der Waals surface area contributed by atoms with E-state index in [4.69, 9.17) is 0 Å². The number of benzene rings is 10. The van der Waals surface area contributed by atoms with Gasteiger partial charge in [0, 0.05) is 50.1 Å². The molecule has 0 radical (unpaired) electrons. The van der Waals surface area contributed by atoms with E-state index in [1.54, 1.807) is 36.4 Å². The summed E-state index contributed by atoms with van der Waals surface area (Å²) in [6, 6.07) is 47.9. The second-order valence-electron chi connectivity index (χ2n) is 17.3. The molecule has 0 unspecified atom stereocenters. The number of phenols is 12. The minimum Gasteiger partial charge on any atom is -0.508 e. The minimum atomic E-state index is -0.225. The van der Waals surface area contributed by atoms with Gasteiger partial charge in [-0.2, -0.15) is 0 Å². The second kappa shape index (κ2) is 18.0. The molecule has 0 heterocycles. The van der Waals surface area contributed by atoms with Crippen molar-refractivity contribution in [3.8, 4) is 169 Å². The molecule has 0 aliphatic heterocycles. The normalized spacial score (nSPS) is 11.2. The highest BCUT2D eigenvalue weighted by Crippen LogP contribution is 2.47. The van der Waals surface area contributed by atoms with Crippen molar-refractivity contribution in [1.82, 2.24) is 0 Å². The van der Waals surface area contributed by atoms with Crippen LogP contribution in [0.1, 0.15) is 0 Å². The molecule has 0 aliphatic rings. The van der Waals surface area contributed by atoms with Gasteiger partial charge in [0.2, 0.25) is 0 Å². The Balaban J connectivity index is 1.01. The van der Waals surface area contributed by atoms with Gasteiger partial charge in [0.25, 0.3) is 0 Å². The maximum Gasteiger partial charge on any atom is 0.124 e. The van der Waals surface area contributed by atoms with E-state index in [0.717, 1.165) is 33.4 Å². The first-order chi connectivity index (χ1) is 34.6. The standard InChI is InChI=1S/C60H42O12/c61-40-13-16-52(64)46(22-40)49-28-55(67)43(25-58(49)70)34-7-1-31(2-8-34)37-19-38(32-3-9-35(10-4-32)44-26-59(71)50(29-56(44)68)47-23-41(62)14-17-53(47)65)21-39(20-37)33-5-11-36(12-6-33)45-27-60(72)51(30-57(45)69)48-24-42(63)15-18-54(48)66/h1-30,61-72H. The van der Waals surface area contributed by atoms with Crippen LogP contribution in [-0.2, 0) is 0 Å².